The molecule has 0 N–H and O–H groups in total. The lowest BCUT2D eigenvalue weighted by molar-refractivity contribution is 0.406. The third-order valence-electron chi connectivity index (χ3n) is 3.37. The predicted octanol–water partition coefficient (Wildman–Crippen LogP) is 5.31. The van der Waals surface area contributed by atoms with Gasteiger partial charge in [-0.1, -0.05) is 60.3 Å². The molecule has 0 aromatic heterocycles. The fraction of sp³-hybridized carbons (Fsp3) is 0.111. The Labute approximate surface area is 123 Å². The second-order valence-corrected chi connectivity index (χ2v) is 5.74. The van der Waals surface area contributed by atoms with E-state index in [1.807, 2.05) is 6.07 Å². The van der Waals surface area contributed by atoms with Gasteiger partial charge in [0.25, 0.3) is 0 Å². The van der Waals surface area contributed by atoms with Crippen molar-refractivity contribution in [1.82, 2.24) is 0 Å². The molecule has 100 valence electrons. The molecule has 0 amide bonds. The SMILES string of the molecule is COc1ccc2ccccc2c1Sc1ccccc1C. The van der Waals surface area contributed by atoms with E-state index in [0.29, 0.717) is 0 Å². The molecule has 0 saturated heterocycles. The van der Waals surface area contributed by atoms with Gasteiger partial charge in [-0.25, -0.2) is 0 Å². The molecule has 20 heavy (non-hydrogen) atoms. The van der Waals surface area contributed by atoms with Gasteiger partial charge in [0.05, 0.1) is 12.0 Å². The van der Waals surface area contributed by atoms with Crippen LogP contribution in [0.3, 0.4) is 0 Å². The summed E-state index contributed by atoms with van der Waals surface area (Å²) in [5, 5.41) is 2.48. The van der Waals surface area contributed by atoms with Gasteiger partial charge in [-0.15, -0.1) is 0 Å². The molecular formula is C18H16OS. The van der Waals surface area contributed by atoms with Crippen LogP contribution >= 0.6 is 11.8 Å². The lowest BCUT2D eigenvalue weighted by Gasteiger charge is -2.12. The van der Waals surface area contributed by atoms with Crippen LogP contribution in [0.4, 0.5) is 0 Å². The first-order valence-corrected chi connectivity index (χ1v) is 7.40. The van der Waals surface area contributed by atoms with Gasteiger partial charge in [-0.3, -0.25) is 0 Å². The topological polar surface area (TPSA) is 9.23 Å². The smallest absolute Gasteiger partial charge is 0.133 e. The monoisotopic (exact) mass is 280 g/mol. The number of aryl methyl sites for hydroxylation is 1. The van der Waals surface area contributed by atoms with Gasteiger partial charge in [-0.05, 0) is 35.4 Å². The molecule has 0 aliphatic rings. The Morgan fingerprint density at radius 3 is 2.40 bits per heavy atom. The predicted molar refractivity (Wildman–Crippen MR) is 85.8 cm³/mol. The summed E-state index contributed by atoms with van der Waals surface area (Å²) in [6, 6.07) is 21.0. The number of ether oxygens (including phenoxy) is 1. The number of fused-ring (bicyclic) bond motifs is 1. The van der Waals surface area contributed by atoms with Crippen LogP contribution in [0.1, 0.15) is 5.56 Å². The molecule has 2 heteroatoms. The van der Waals surface area contributed by atoms with Gasteiger partial charge in [0, 0.05) is 4.90 Å². The summed E-state index contributed by atoms with van der Waals surface area (Å²) in [5.41, 5.74) is 1.28. The van der Waals surface area contributed by atoms with Crippen molar-refractivity contribution >= 4 is 22.5 Å². The van der Waals surface area contributed by atoms with Gasteiger partial charge in [-0.2, -0.15) is 0 Å². The van der Waals surface area contributed by atoms with Gasteiger partial charge in [0.2, 0.25) is 0 Å². The zero-order valence-electron chi connectivity index (χ0n) is 11.6. The molecule has 0 aliphatic carbocycles. The molecular weight excluding hydrogens is 264 g/mol. The van der Waals surface area contributed by atoms with Gasteiger partial charge in [0.15, 0.2) is 0 Å². The first-order chi connectivity index (χ1) is 9.79. The minimum Gasteiger partial charge on any atom is -0.496 e. The highest BCUT2D eigenvalue weighted by molar-refractivity contribution is 7.99. The number of hydrogen-bond acceptors (Lipinski definition) is 2. The van der Waals surface area contributed by atoms with Gasteiger partial charge in [0.1, 0.15) is 5.75 Å². The maximum atomic E-state index is 5.54. The highest BCUT2D eigenvalue weighted by Crippen LogP contribution is 2.41. The van der Waals surface area contributed by atoms with Crippen molar-refractivity contribution in [3.05, 3.63) is 66.2 Å². The summed E-state index contributed by atoms with van der Waals surface area (Å²) in [7, 11) is 1.73. The maximum absolute atomic E-state index is 5.54. The summed E-state index contributed by atoms with van der Waals surface area (Å²) < 4.78 is 5.54. The van der Waals surface area contributed by atoms with Crippen LogP contribution in [0.15, 0.2) is 70.5 Å². The average molecular weight is 280 g/mol. The van der Waals surface area contributed by atoms with Crippen molar-refractivity contribution in [2.45, 2.75) is 16.7 Å². The number of benzene rings is 3. The molecule has 3 aromatic rings. The van der Waals surface area contributed by atoms with Crippen LogP contribution < -0.4 is 4.74 Å². The number of rotatable bonds is 3. The van der Waals surface area contributed by atoms with Gasteiger partial charge >= 0.3 is 0 Å². The van der Waals surface area contributed by atoms with Crippen molar-refractivity contribution in [1.29, 1.82) is 0 Å². The first-order valence-electron chi connectivity index (χ1n) is 6.59. The van der Waals surface area contributed by atoms with Gasteiger partial charge < -0.3 is 4.74 Å². The quantitative estimate of drug-likeness (QED) is 0.643. The molecule has 0 heterocycles. The average Bonchev–Trinajstić information content (AvgIpc) is 2.50. The largest absolute Gasteiger partial charge is 0.496 e. The van der Waals surface area contributed by atoms with Crippen molar-refractivity contribution in [3.8, 4) is 5.75 Å². The maximum Gasteiger partial charge on any atom is 0.133 e. The lowest BCUT2D eigenvalue weighted by atomic mass is 10.1. The zero-order chi connectivity index (χ0) is 13.9. The number of hydrogen-bond donors (Lipinski definition) is 0. The van der Waals surface area contributed by atoms with E-state index in [1.165, 1.54) is 26.1 Å². The molecule has 3 aromatic carbocycles. The Balaban J connectivity index is 2.16. The summed E-state index contributed by atoms with van der Waals surface area (Å²) in [5.74, 6) is 0.928. The molecule has 0 aliphatic heterocycles. The van der Waals surface area contributed by atoms with Crippen LogP contribution in [-0.2, 0) is 0 Å². The lowest BCUT2D eigenvalue weighted by Crippen LogP contribution is -1.88. The van der Waals surface area contributed by atoms with E-state index in [0.717, 1.165) is 5.75 Å². The third-order valence-corrected chi connectivity index (χ3v) is 4.67. The Morgan fingerprint density at radius 2 is 1.60 bits per heavy atom. The first kappa shape index (κ1) is 13.1. The minimum absolute atomic E-state index is 0.928. The molecule has 3 rings (SSSR count). The Kier molecular flexibility index (Phi) is 3.66. The van der Waals surface area contributed by atoms with Crippen LogP contribution in [0.25, 0.3) is 10.8 Å². The zero-order valence-corrected chi connectivity index (χ0v) is 12.4. The van der Waals surface area contributed by atoms with E-state index in [9.17, 15) is 0 Å². The summed E-state index contributed by atoms with van der Waals surface area (Å²) in [6.07, 6.45) is 0. The minimum atomic E-state index is 0.928. The standard InChI is InChI=1S/C18H16OS/c1-13-7-3-6-10-17(13)20-18-15-9-5-4-8-14(15)11-12-16(18)19-2/h3-12H,1-2H3. The summed E-state index contributed by atoms with van der Waals surface area (Å²) in [6.45, 7) is 2.14. The third kappa shape index (κ3) is 2.39. The van der Waals surface area contributed by atoms with E-state index >= 15 is 0 Å². The van der Waals surface area contributed by atoms with Crippen molar-refractivity contribution in [3.63, 3.8) is 0 Å². The van der Waals surface area contributed by atoms with E-state index in [-0.39, 0.29) is 0 Å². The van der Waals surface area contributed by atoms with Crippen LogP contribution in [-0.4, -0.2) is 7.11 Å². The molecule has 0 fully saturated rings. The van der Waals surface area contributed by atoms with E-state index in [4.69, 9.17) is 4.74 Å². The van der Waals surface area contributed by atoms with E-state index in [1.54, 1.807) is 18.9 Å². The molecule has 0 bridgehead atoms. The van der Waals surface area contributed by atoms with Crippen molar-refractivity contribution in [2.24, 2.45) is 0 Å². The van der Waals surface area contributed by atoms with Crippen molar-refractivity contribution < 1.29 is 4.74 Å². The van der Waals surface area contributed by atoms with Crippen LogP contribution in [0.5, 0.6) is 5.75 Å². The molecule has 0 saturated carbocycles. The van der Waals surface area contributed by atoms with E-state index in [2.05, 4.69) is 61.5 Å². The molecule has 1 nitrogen and oxygen atoms in total. The number of methoxy groups -OCH3 is 1. The second kappa shape index (κ2) is 5.59. The highest BCUT2D eigenvalue weighted by Gasteiger charge is 2.10. The Bertz CT molecular complexity index is 749. The second-order valence-electron chi connectivity index (χ2n) is 4.69. The Morgan fingerprint density at radius 1 is 0.850 bits per heavy atom. The van der Waals surface area contributed by atoms with E-state index < -0.39 is 0 Å². The Hall–Kier alpha value is -1.93. The van der Waals surface area contributed by atoms with Crippen LogP contribution in [0, 0.1) is 6.92 Å². The molecule has 0 atom stereocenters. The normalized spacial score (nSPS) is 10.7. The molecule has 0 spiro atoms. The summed E-state index contributed by atoms with van der Waals surface area (Å²) in [4.78, 5) is 2.45. The fourth-order valence-corrected chi connectivity index (χ4v) is 3.41. The fourth-order valence-electron chi connectivity index (χ4n) is 2.27. The molecule has 0 unspecified atom stereocenters. The highest BCUT2D eigenvalue weighted by atomic mass is 32.2. The van der Waals surface area contributed by atoms with Crippen LogP contribution in [0.2, 0.25) is 0 Å². The summed E-state index contributed by atoms with van der Waals surface area (Å²) >= 11 is 1.77. The van der Waals surface area contributed by atoms with Crippen molar-refractivity contribution in [2.75, 3.05) is 7.11 Å². The molecule has 0 radical (unpaired) electrons.